The molecule has 2 heterocycles. The van der Waals surface area contributed by atoms with Gasteiger partial charge in [-0.2, -0.15) is 4.68 Å². The van der Waals surface area contributed by atoms with Crippen molar-refractivity contribution < 1.29 is 9.53 Å². The zero-order valence-corrected chi connectivity index (χ0v) is 14.9. The second-order valence-corrected chi connectivity index (χ2v) is 6.32. The van der Waals surface area contributed by atoms with Gasteiger partial charge >= 0.3 is 6.03 Å². The smallest absolute Gasteiger partial charge is 0.321 e. The Labute approximate surface area is 147 Å². The van der Waals surface area contributed by atoms with E-state index in [-0.39, 0.29) is 6.03 Å². The average Bonchev–Trinajstić information content (AvgIpc) is 3.07. The Kier molecular flexibility index (Phi) is 5.16. The molecule has 1 saturated heterocycles. The van der Waals surface area contributed by atoms with E-state index in [0.29, 0.717) is 28.9 Å². The Balaban J connectivity index is 1.79. The SMILES string of the molecule is CCC1CCCN(C(=O)Nc2ccc(OC)c(-n3nnnc3C)c2)C1. The van der Waals surface area contributed by atoms with E-state index >= 15 is 0 Å². The standard InChI is InChI=1S/C17H24N6O2/c1-4-13-6-5-9-22(11-13)17(24)18-14-7-8-16(25-3)15(10-14)23-12(2)19-20-21-23/h7-8,10,13H,4-6,9,11H2,1-3H3,(H,18,24). The van der Waals surface area contributed by atoms with Crippen LogP contribution in [-0.4, -0.2) is 51.3 Å². The van der Waals surface area contributed by atoms with Gasteiger partial charge in [0.05, 0.1) is 7.11 Å². The molecule has 1 aliphatic rings. The molecule has 0 bridgehead atoms. The summed E-state index contributed by atoms with van der Waals surface area (Å²) in [6.45, 7) is 5.61. The molecule has 1 aliphatic heterocycles. The highest BCUT2D eigenvalue weighted by molar-refractivity contribution is 5.90. The molecule has 8 heteroatoms. The molecule has 0 radical (unpaired) electrons. The number of carbonyl (C=O) groups is 1. The van der Waals surface area contributed by atoms with Crippen LogP contribution in [0.25, 0.3) is 5.69 Å². The fraction of sp³-hybridized carbons (Fsp3) is 0.529. The van der Waals surface area contributed by atoms with Gasteiger partial charge < -0.3 is 15.0 Å². The molecule has 134 valence electrons. The third-order valence-corrected chi connectivity index (χ3v) is 4.67. The first kappa shape index (κ1) is 17.2. The van der Waals surface area contributed by atoms with Crippen molar-refractivity contribution in [1.29, 1.82) is 0 Å². The molecule has 2 aromatic rings. The summed E-state index contributed by atoms with van der Waals surface area (Å²) in [7, 11) is 1.59. The van der Waals surface area contributed by atoms with Crippen molar-refractivity contribution in [3.8, 4) is 11.4 Å². The molecule has 1 unspecified atom stereocenters. The van der Waals surface area contributed by atoms with Gasteiger partial charge in [-0.1, -0.05) is 13.3 Å². The summed E-state index contributed by atoms with van der Waals surface area (Å²) >= 11 is 0. The summed E-state index contributed by atoms with van der Waals surface area (Å²) in [4.78, 5) is 14.5. The van der Waals surface area contributed by atoms with Gasteiger partial charge in [0.1, 0.15) is 11.4 Å². The molecule has 1 aromatic heterocycles. The lowest BCUT2D eigenvalue weighted by molar-refractivity contribution is 0.176. The van der Waals surface area contributed by atoms with Crippen LogP contribution in [-0.2, 0) is 0 Å². The summed E-state index contributed by atoms with van der Waals surface area (Å²) in [6.07, 6.45) is 3.37. The highest BCUT2D eigenvalue weighted by atomic mass is 16.5. The number of benzene rings is 1. The minimum Gasteiger partial charge on any atom is -0.494 e. The second kappa shape index (κ2) is 7.50. The minimum absolute atomic E-state index is 0.0669. The normalized spacial score (nSPS) is 17.4. The Bertz CT molecular complexity index is 744. The van der Waals surface area contributed by atoms with Crippen molar-refractivity contribution in [2.75, 3.05) is 25.5 Å². The molecular formula is C17H24N6O2. The third kappa shape index (κ3) is 3.72. The number of methoxy groups -OCH3 is 1. The fourth-order valence-corrected chi connectivity index (χ4v) is 3.17. The number of nitrogens with zero attached hydrogens (tertiary/aromatic N) is 5. The van der Waals surface area contributed by atoms with Crippen molar-refractivity contribution in [3.05, 3.63) is 24.0 Å². The maximum absolute atomic E-state index is 12.6. The number of aromatic nitrogens is 4. The number of aryl methyl sites for hydroxylation is 1. The maximum atomic E-state index is 12.6. The van der Waals surface area contributed by atoms with Gasteiger partial charge in [-0.05, 0) is 54.3 Å². The zero-order chi connectivity index (χ0) is 17.8. The van der Waals surface area contributed by atoms with Gasteiger partial charge in [0.25, 0.3) is 0 Å². The highest BCUT2D eigenvalue weighted by Crippen LogP contribution is 2.27. The highest BCUT2D eigenvalue weighted by Gasteiger charge is 2.23. The van der Waals surface area contributed by atoms with Gasteiger partial charge in [0.15, 0.2) is 5.82 Å². The number of nitrogens with one attached hydrogen (secondary N) is 1. The number of anilines is 1. The van der Waals surface area contributed by atoms with Gasteiger partial charge in [0.2, 0.25) is 0 Å². The molecule has 1 atom stereocenters. The number of carbonyl (C=O) groups excluding carboxylic acids is 1. The molecule has 2 amide bonds. The molecule has 3 rings (SSSR count). The number of piperidine rings is 1. The lowest BCUT2D eigenvalue weighted by Crippen LogP contribution is -2.42. The van der Waals surface area contributed by atoms with Crippen molar-refractivity contribution in [2.45, 2.75) is 33.1 Å². The predicted octanol–water partition coefficient (Wildman–Crippen LogP) is 2.63. The van der Waals surface area contributed by atoms with E-state index < -0.39 is 0 Å². The number of likely N-dealkylation sites (tertiary alicyclic amines) is 1. The van der Waals surface area contributed by atoms with Crippen LogP contribution in [0.3, 0.4) is 0 Å². The monoisotopic (exact) mass is 344 g/mol. The van der Waals surface area contributed by atoms with Crippen LogP contribution in [0.5, 0.6) is 5.75 Å². The van der Waals surface area contributed by atoms with E-state index in [1.54, 1.807) is 17.9 Å². The Hall–Kier alpha value is -2.64. The van der Waals surface area contributed by atoms with Gasteiger partial charge in [-0.25, -0.2) is 4.79 Å². The Morgan fingerprint density at radius 3 is 2.96 bits per heavy atom. The van der Waals surface area contributed by atoms with Gasteiger partial charge in [-0.3, -0.25) is 0 Å². The third-order valence-electron chi connectivity index (χ3n) is 4.67. The average molecular weight is 344 g/mol. The first-order chi connectivity index (χ1) is 12.1. The van der Waals surface area contributed by atoms with Crippen molar-refractivity contribution >= 4 is 11.7 Å². The molecule has 25 heavy (non-hydrogen) atoms. The van der Waals surface area contributed by atoms with Crippen molar-refractivity contribution in [3.63, 3.8) is 0 Å². The van der Waals surface area contributed by atoms with Crippen LogP contribution < -0.4 is 10.1 Å². The first-order valence-corrected chi connectivity index (χ1v) is 8.61. The molecule has 0 aliphatic carbocycles. The number of tetrazole rings is 1. The molecule has 1 N–H and O–H groups in total. The molecule has 0 saturated carbocycles. The number of urea groups is 1. The van der Waals surface area contributed by atoms with E-state index in [1.807, 2.05) is 24.0 Å². The summed E-state index contributed by atoms with van der Waals surface area (Å²) in [5.74, 6) is 1.87. The summed E-state index contributed by atoms with van der Waals surface area (Å²) in [5, 5.41) is 14.5. The molecular weight excluding hydrogens is 320 g/mol. The zero-order valence-electron chi connectivity index (χ0n) is 14.9. The topological polar surface area (TPSA) is 85.2 Å². The van der Waals surface area contributed by atoms with Crippen LogP contribution in [0.1, 0.15) is 32.0 Å². The lowest BCUT2D eigenvalue weighted by atomic mass is 9.96. The number of rotatable bonds is 4. The maximum Gasteiger partial charge on any atom is 0.321 e. The van der Waals surface area contributed by atoms with Crippen molar-refractivity contribution in [2.24, 2.45) is 5.92 Å². The van der Waals surface area contributed by atoms with Gasteiger partial charge in [-0.15, -0.1) is 5.10 Å². The van der Waals surface area contributed by atoms with Crippen molar-refractivity contribution in [1.82, 2.24) is 25.1 Å². The van der Waals surface area contributed by atoms with Gasteiger partial charge in [0, 0.05) is 18.8 Å². The number of hydrogen-bond acceptors (Lipinski definition) is 5. The molecule has 0 spiro atoms. The summed E-state index contributed by atoms with van der Waals surface area (Å²) in [5.41, 5.74) is 1.38. The van der Waals surface area contributed by atoms with Crippen LogP contribution in [0, 0.1) is 12.8 Å². The van der Waals surface area contributed by atoms with E-state index in [1.165, 1.54) is 6.42 Å². The predicted molar refractivity (Wildman–Crippen MR) is 94.0 cm³/mol. The second-order valence-electron chi connectivity index (χ2n) is 6.32. The first-order valence-electron chi connectivity index (χ1n) is 8.61. The number of amides is 2. The molecule has 8 nitrogen and oxygen atoms in total. The Morgan fingerprint density at radius 1 is 1.44 bits per heavy atom. The number of hydrogen-bond donors (Lipinski definition) is 1. The van der Waals surface area contributed by atoms with E-state index in [4.69, 9.17) is 4.74 Å². The molecule has 1 fully saturated rings. The van der Waals surface area contributed by atoms with E-state index in [2.05, 4.69) is 27.8 Å². The fourth-order valence-electron chi connectivity index (χ4n) is 3.17. The largest absolute Gasteiger partial charge is 0.494 e. The minimum atomic E-state index is -0.0669. The lowest BCUT2D eigenvalue weighted by Gasteiger charge is -2.32. The van der Waals surface area contributed by atoms with E-state index in [0.717, 1.165) is 25.9 Å². The molecule has 1 aromatic carbocycles. The van der Waals surface area contributed by atoms with E-state index in [9.17, 15) is 4.79 Å². The Morgan fingerprint density at radius 2 is 2.28 bits per heavy atom. The number of ether oxygens (including phenoxy) is 1. The van der Waals surface area contributed by atoms with Crippen LogP contribution >= 0.6 is 0 Å². The summed E-state index contributed by atoms with van der Waals surface area (Å²) in [6, 6.07) is 5.38. The van der Waals surface area contributed by atoms with Crippen LogP contribution in [0.15, 0.2) is 18.2 Å². The quantitative estimate of drug-likeness (QED) is 0.921. The summed E-state index contributed by atoms with van der Waals surface area (Å²) < 4.78 is 6.98. The van der Waals surface area contributed by atoms with Crippen LogP contribution in [0.2, 0.25) is 0 Å². The van der Waals surface area contributed by atoms with Crippen LogP contribution in [0.4, 0.5) is 10.5 Å².